The van der Waals surface area contributed by atoms with Gasteiger partial charge in [0, 0.05) is 26.2 Å². The van der Waals surface area contributed by atoms with Crippen LogP contribution in [0, 0.1) is 12.3 Å². The lowest BCUT2D eigenvalue weighted by Crippen LogP contribution is -2.42. The topological polar surface area (TPSA) is 24.5 Å². The summed E-state index contributed by atoms with van der Waals surface area (Å²) in [5.41, 5.74) is 0. The van der Waals surface area contributed by atoms with Gasteiger partial charge in [-0.1, -0.05) is 5.92 Å². The van der Waals surface area contributed by atoms with Gasteiger partial charge in [-0.05, 0) is 26.3 Å². The molecule has 0 aromatic heterocycles. The van der Waals surface area contributed by atoms with Crippen LogP contribution in [0.5, 0.6) is 0 Å². The molecule has 1 unspecified atom stereocenters. The minimum atomic E-state index is 0.441. The maximum absolute atomic E-state index is 5.65. The van der Waals surface area contributed by atoms with Crippen LogP contribution in [0.3, 0.4) is 0 Å². The van der Waals surface area contributed by atoms with Crippen LogP contribution in [0.25, 0.3) is 0 Å². The molecular weight excluding hydrogens is 188 g/mol. The van der Waals surface area contributed by atoms with Gasteiger partial charge in [0.15, 0.2) is 0 Å². The summed E-state index contributed by atoms with van der Waals surface area (Å²) in [6.07, 6.45) is 8.06. The molecule has 0 saturated carbocycles. The standard InChI is InChI=1S/C12H22N2O/c1-3-7-13-8-10-14-9-5-6-12(11-14)15-4-2/h1,12-13H,4-11H2,2H3. The van der Waals surface area contributed by atoms with Crippen molar-refractivity contribution in [2.24, 2.45) is 0 Å². The molecule has 86 valence electrons. The molecule has 1 heterocycles. The highest BCUT2D eigenvalue weighted by molar-refractivity contribution is 4.86. The number of likely N-dealkylation sites (tertiary alicyclic amines) is 1. The predicted octanol–water partition coefficient (Wildman–Crippen LogP) is 0.710. The molecule has 3 heteroatoms. The zero-order chi connectivity index (χ0) is 10.9. The van der Waals surface area contributed by atoms with Crippen LogP contribution in [0.4, 0.5) is 0 Å². The summed E-state index contributed by atoms with van der Waals surface area (Å²) >= 11 is 0. The third-order valence-electron chi connectivity index (χ3n) is 2.70. The van der Waals surface area contributed by atoms with Crippen LogP contribution in [0.15, 0.2) is 0 Å². The Morgan fingerprint density at radius 2 is 2.47 bits per heavy atom. The summed E-state index contributed by atoms with van der Waals surface area (Å²) in [4.78, 5) is 2.45. The number of hydrogen-bond donors (Lipinski definition) is 1. The highest BCUT2D eigenvalue weighted by atomic mass is 16.5. The van der Waals surface area contributed by atoms with Gasteiger partial charge in [0.25, 0.3) is 0 Å². The van der Waals surface area contributed by atoms with Crippen molar-refractivity contribution in [3.63, 3.8) is 0 Å². The number of terminal acetylenes is 1. The minimum Gasteiger partial charge on any atom is -0.377 e. The number of nitrogens with zero attached hydrogens (tertiary/aromatic N) is 1. The lowest BCUT2D eigenvalue weighted by atomic mass is 10.1. The van der Waals surface area contributed by atoms with E-state index in [-0.39, 0.29) is 0 Å². The van der Waals surface area contributed by atoms with Gasteiger partial charge in [-0.15, -0.1) is 6.42 Å². The van der Waals surface area contributed by atoms with Gasteiger partial charge >= 0.3 is 0 Å². The predicted molar refractivity (Wildman–Crippen MR) is 62.8 cm³/mol. The van der Waals surface area contributed by atoms with Gasteiger partial charge < -0.3 is 10.1 Å². The van der Waals surface area contributed by atoms with Crippen LogP contribution in [-0.4, -0.2) is 50.3 Å². The Labute approximate surface area is 93.2 Å². The normalized spacial score (nSPS) is 22.5. The second kappa shape index (κ2) is 7.70. The molecule has 1 N–H and O–H groups in total. The Balaban J connectivity index is 2.10. The van der Waals surface area contributed by atoms with E-state index >= 15 is 0 Å². The Kier molecular flexibility index (Phi) is 6.42. The molecule has 0 spiro atoms. The molecule has 0 aromatic carbocycles. The van der Waals surface area contributed by atoms with Crippen molar-refractivity contribution in [2.75, 3.05) is 39.3 Å². The van der Waals surface area contributed by atoms with E-state index in [9.17, 15) is 0 Å². The van der Waals surface area contributed by atoms with E-state index in [0.29, 0.717) is 12.6 Å². The van der Waals surface area contributed by atoms with E-state index in [1.54, 1.807) is 0 Å². The van der Waals surface area contributed by atoms with E-state index < -0.39 is 0 Å². The number of nitrogens with one attached hydrogen (secondary N) is 1. The number of piperidine rings is 1. The number of rotatable bonds is 6. The third kappa shape index (κ3) is 5.17. The van der Waals surface area contributed by atoms with E-state index in [0.717, 1.165) is 26.2 Å². The summed E-state index contributed by atoms with van der Waals surface area (Å²) in [7, 11) is 0. The largest absolute Gasteiger partial charge is 0.377 e. The van der Waals surface area contributed by atoms with E-state index in [1.807, 2.05) is 0 Å². The molecule has 1 rings (SSSR count). The quantitative estimate of drug-likeness (QED) is 0.516. The average Bonchev–Trinajstić information content (AvgIpc) is 2.26. The molecule has 0 amide bonds. The maximum atomic E-state index is 5.65. The molecule has 0 aromatic rings. The van der Waals surface area contributed by atoms with Crippen LogP contribution in [-0.2, 0) is 4.74 Å². The first-order valence-electron chi connectivity index (χ1n) is 5.85. The minimum absolute atomic E-state index is 0.441. The van der Waals surface area contributed by atoms with Crippen molar-refractivity contribution >= 4 is 0 Å². The molecule has 15 heavy (non-hydrogen) atoms. The number of hydrogen-bond acceptors (Lipinski definition) is 3. The van der Waals surface area contributed by atoms with Crippen molar-refractivity contribution in [3.8, 4) is 12.3 Å². The van der Waals surface area contributed by atoms with E-state index in [2.05, 4.69) is 23.1 Å². The second-order valence-electron chi connectivity index (χ2n) is 3.90. The van der Waals surface area contributed by atoms with E-state index in [1.165, 1.54) is 19.4 Å². The molecular formula is C12H22N2O. The molecule has 1 aliphatic heterocycles. The fourth-order valence-electron chi connectivity index (χ4n) is 1.99. The van der Waals surface area contributed by atoms with Crippen molar-refractivity contribution in [2.45, 2.75) is 25.9 Å². The number of ether oxygens (including phenoxy) is 1. The summed E-state index contributed by atoms with van der Waals surface area (Å²) in [5.74, 6) is 2.58. The highest BCUT2D eigenvalue weighted by Gasteiger charge is 2.18. The van der Waals surface area contributed by atoms with Crippen molar-refractivity contribution in [3.05, 3.63) is 0 Å². The van der Waals surface area contributed by atoms with Crippen molar-refractivity contribution < 1.29 is 4.74 Å². The van der Waals surface area contributed by atoms with Crippen LogP contribution in [0.2, 0.25) is 0 Å². The Hall–Kier alpha value is -0.560. The highest BCUT2D eigenvalue weighted by Crippen LogP contribution is 2.12. The van der Waals surface area contributed by atoms with Crippen molar-refractivity contribution in [1.29, 1.82) is 0 Å². The molecule has 1 atom stereocenters. The van der Waals surface area contributed by atoms with Gasteiger partial charge in [0.05, 0.1) is 12.6 Å². The van der Waals surface area contributed by atoms with Crippen LogP contribution < -0.4 is 5.32 Å². The fraction of sp³-hybridized carbons (Fsp3) is 0.833. The zero-order valence-electron chi connectivity index (χ0n) is 9.67. The monoisotopic (exact) mass is 210 g/mol. The molecule has 0 bridgehead atoms. The van der Waals surface area contributed by atoms with Gasteiger partial charge in [0.2, 0.25) is 0 Å². The lowest BCUT2D eigenvalue weighted by Gasteiger charge is -2.32. The molecule has 0 aliphatic carbocycles. The molecule has 0 radical (unpaired) electrons. The zero-order valence-corrected chi connectivity index (χ0v) is 9.67. The van der Waals surface area contributed by atoms with Crippen LogP contribution >= 0.6 is 0 Å². The molecule has 1 fully saturated rings. The fourth-order valence-corrected chi connectivity index (χ4v) is 1.99. The summed E-state index contributed by atoms with van der Waals surface area (Å²) in [5, 5.41) is 3.21. The molecule has 1 aliphatic rings. The molecule has 1 saturated heterocycles. The summed E-state index contributed by atoms with van der Waals surface area (Å²) in [6, 6.07) is 0. The first-order chi connectivity index (χ1) is 7.36. The van der Waals surface area contributed by atoms with Crippen LogP contribution in [0.1, 0.15) is 19.8 Å². The summed E-state index contributed by atoms with van der Waals surface area (Å²) in [6.45, 7) is 7.88. The van der Waals surface area contributed by atoms with Gasteiger partial charge in [-0.3, -0.25) is 4.90 Å². The second-order valence-corrected chi connectivity index (χ2v) is 3.90. The van der Waals surface area contributed by atoms with Gasteiger partial charge in [-0.2, -0.15) is 0 Å². The maximum Gasteiger partial charge on any atom is 0.0702 e. The van der Waals surface area contributed by atoms with Gasteiger partial charge in [0.1, 0.15) is 0 Å². The summed E-state index contributed by atoms with van der Waals surface area (Å²) < 4.78 is 5.65. The first kappa shape index (κ1) is 12.5. The van der Waals surface area contributed by atoms with Crippen molar-refractivity contribution in [1.82, 2.24) is 10.2 Å². The first-order valence-corrected chi connectivity index (χ1v) is 5.85. The Morgan fingerprint density at radius 3 is 3.20 bits per heavy atom. The van der Waals surface area contributed by atoms with Gasteiger partial charge in [-0.25, -0.2) is 0 Å². The lowest BCUT2D eigenvalue weighted by molar-refractivity contribution is 0.00643. The Morgan fingerprint density at radius 1 is 1.60 bits per heavy atom. The molecule has 3 nitrogen and oxygen atoms in total. The Bertz CT molecular complexity index is 198. The smallest absolute Gasteiger partial charge is 0.0702 e. The van der Waals surface area contributed by atoms with E-state index in [4.69, 9.17) is 11.2 Å². The average molecular weight is 210 g/mol. The third-order valence-corrected chi connectivity index (χ3v) is 2.70. The SMILES string of the molecule is C#CCNCCN1CCCC(OCC)C1.